The minimum atomic E-state index is -0.750. The smallest absolute Gasteiger partial charge is 0.265 e. The van der Waals surface area contributed by atoms with E-state index in [4.69, 9.17) is 18.3 Å². The number of hydrogen-bond acceptors (Lipinski definition) is 7. The summed E-state index contributed by atoms with van der Waals surface area (Å²) in [5.74, 6) is 1.17. The molecule has 2 aromatic heterocycles. The van der Waals surface area contributed by atoms with Crippen molar-refractivity contribution in [3.63, 3.8) is 0 Å². The van der Waals surface area contributed by atoms with Crippen molar-refractivity contribution in [3.8, 4) is 23.0 Å². The number of aromatic nitrogens is 2. The van der Waals surface area contributed by atoms with Crippen molar-refractivity contribution in [1.29, 1.82) is 0 Å². The predicted molar refractivity (Wildman–Crippen MR) is 119 cm³/mol. The number of benzene rings is 3. The van der Waals surface area contributed by atoms with Gasteiger partial charge in [0.15, 0.2) is 6.10 Å². The number of ether oxygens (including phenoxy) is 2. The Labute approximate surface area is 182 Å². The molecular weight excluding hydrogens is 410 g/mol. The largest absolute Gasteiger partial charge is 0.495 e. The van der Waals surface area contributed by atoms with Crippen LogP contribution in [0.4, 0.5) is 5.69 Å². The maximum atomic E-state index is 12.8. The fourth-order valence-electron chi connectivity index (χ4n) is 3.48. The van der Waals surface area contributed by atoms with Crippen LogP contribution in [0.3, 0.4) is 0 Å². The van der Waals surface area contributed by atoms with Crippen LogP contribution in [-0.2, 0) is 4.79 Å². The van der Waals surface area contributed by atoms with Crippen LogP contribution in [0.1, 0.15) is 6.92 Å². The summed E-state index contributed by atoms with van der Waals surface area (Å²) in [5, 5.41) is 12.3. The summed E-state index contributed by atoms with van der Waals surface area (Å²) in [4.78, 5) is 12.8. The van der Waals surface area contributed by atoms with E-state index in [0.717, 1.165) is 21.9 Å². The number of para-hydroxylation sites is 1. The molecule has 0 unspecified atom stereocenters. The number of carbonyl (C=O) groups excluding carboxylic acids is 1. The lowest BCUT2D eigenvalue weighted by atomic mass is 10.1. The average Bonchev–Trinajstić information content (AvgIpc) is 3.47. The molecule has 160 valence electrons. The average molecular weight is 429 g/mol. The normalized spacial score (nSPS) is 12.1. The van der Waals surface area contributed by atoms with Crippen LogP contribution in [0.5, 0.6) is 11.5 Å². The zero-order valence-corrected chi connectivity index (χ0v) is 17.4. The number of furan rings is 1. The third-order valence-corrected chi connectivity index (χ3v) is 5.10. The molecule has 5 rings (SSSR count). The first-order valence-corrected chi connectivity index (χ1v) is 9.96. The summed E-state index contributed by atoms with van der Waals surface area (Å²) < 4.78 is 22.4. The van der Waals surface area contributed by atoms with E-state index in [2.05, 4.69) is 15.5 Å². The van der Waals surface area contributed by atoms with E-state index >= 15 is 0 Å². The number of nitrogens with one attached hydrogen (secondary N) is 1. The van der Waals surface area contributed by atoms with Crippen LogP contribution in [-0.4, -0.2) is 29.3 Å². The van der Waals surface area contributed by atoms with Gasteiger partial charge >= 0.3 is 0 Å². The van der Waals surface area contributed by atoms with E-state index in [0.29, 0.717) is 28.7 Å². The van der Waals surface area contributed by atoms with Gasteiger partial charge in [-0.15, -0.1) is 10.2 Å². The Morgan fingerprint density at radius 2 is 1.84 bits per heavy atom. The fraction of sp³-hybridized carbons (Fsp3) is 0.125. The molecule has 0 aliphatic heterocycles. The summed E-state index contributed by atoms with van der Waals surface area (Å²) in [6.45, 7) is 1.67. The number of amides is 1. The third-order valence-electron chi connectivity index (χ3n) is 5.10. The fourth-order valence-corrected chi connectivity index (χ4v) is 3.48. The SMILES string of the molecule is COc1cc2c(cc1NC(=O)[C@H](C)Oc1ccc(-c3nnco3)cc1)oc1ccccc12. The number of hydrogen-bond donors (Lipinski definition) is 1. The van der Waals surface area contributed by atoms with Gasteiger partial charge in [0.25, 0.3) is 5.91 Å². The zero-order chi connectivity index (χ0) is 22.1. The van der Waals surface area contributed by atoms with Crippen LogP contribution in [0.15, 0.2) is 75.9 Å². The topological polar surface area (TPSA) is 99.6 Å². The molecule has 8 heteroatoms. The summed E-state index contributed by atoms with van der Waals surface area (Å²) >= 11 is 0. The quantitative estimate of drug-likeness (QED) is 0.403. The van der Waals surface area contributed by atoms with Crippen LogP contribution < -0.4 is 14.8 Å². The Hall–Kier alpha value is -4.33. The molecule has 0 fully saturated rings. The molecule has 0 aliphatic carbocycles. The number of nitrogens with zero attached hydrogens (tertiary/aromatic N) is 2. The molecule has 5 aromatic rings. The molecule has 8 nitrogen and oxygen atoms in total. The second kappa shape index (κ2) is 8.07. The van der Waals surface area contributed by atoms with Gasteiger partial charge in [-0.25, -0.2) is 0 Å². The summed E-state index contributed by atoms with van der Waals surface area (Å²) in [6, 6.07) is 18.4. The molecule has 0 radical (unpaired) electrons. The standard InChI is InChI=1S/C24H19N3O5/c1-14(31-16-9-7-15(8-10-16)24-27-25-13-30-24)23(28)26-19-12-21-18(11-22(19)29-2)17-5-3-4-6-20(17)32-21/h3-14H,1-2H3,(H,26,28)/t14-/m0/s1. The monoisotopic (exact) mass is 429 g/mol. The van der Waals surface area contributed by atoms with E-state index in [1.54, 1.807) is 44.4 Å². The van der Waals surface area contributed by atoms with Crippen molar-refractivity contribution in [2.45, 2.75) is 13.0 Å². The minimum absolute atomic E-state index is 0.320. The molecule has 0 aliphatic rings. The summed E-state index contributed by atoms with van der Waals surface area (Å²) in [6.07, 6.45) is 0.517. The molecule has 0 saturated carbocycles. The Morgan fingerprint density at radius 3 is 2.59 bits per heavy atom. The lowest BCUT2D eigenvalue weighted by Crippen LogP contribution is -2.30. The molecule has 0 bridgehead atoms. The van der Waals surface area contributed by atoms with Gasteiger partial charge in [-0.05, 0) is 43.3 Å². The van der Waals surface area contributed by atoms with Crippen LogP contribution in [0.25, 0.3) is 33.4 Å². The maximum absolute atomic E-state index is 12.8. The molecule has 0 spiro atoms. The predicted octanol–water partition coefficient (Wildman–Crippen LogP) is 5.05. The first-order chi connectivity index (χ1) is 15.6. The van der Waals surface area contributed by atoms with Gasteiger partial charge in [-0.2, -0.15) is 0 Å². The van der Waals surface area contributed by atoms with Crippen molar-refractivity contribution in [2.75, 3.05) is 12.4 Å². The van der Waals surface area contributed by atoms with Gasteiger partial charge in [-0.1, -0.05) is 18.2 Å². The number of anilines is 1. The second-order valence-electron chi connectivity index (χ2n) is 7.16. The molecule has 32 heavy (non-hydrogen) atoms. The molecule has 2 heterocycles. The van der Waals surface area contributed by atoms with Crippen LogP contribution in [0.2, 0.25) is 0 Å². The number of rotatable bonds is 6. The molecule has 1 atom stereocenters. The van der Waals surface area contributed by atoms with Crippen molar-refractivity contribution in [3.05, 3.63) is 67.1 Å². The third kappa shape index (κ3) is 3.62. The first-order valence-electron chi connectivity index (χ1n) is 9.96. The molecule has 0 saturated heterocycles. The highest BCUT2D eigenvalue weighted by Gasteiger charge is 2.19. The maximum Gasteiger partial charge on any atom is 0.265 e. The van der Waals surface area contributed by atoms with Crippen molar-refractivity contribution >= 4 is 33.5 Å². The van der Waals surface area contributed by atoms with E-state index in [1.807, 2.05) is 30.3 Å². The Morgan fingerprint density at radius 1 is 1.03 bits per heavy atom. The van der Waals surface area contributed by atoms with Crippen LogP contribution in [0, 0.1) is 0 Å². The van der Waals surface area contributed by atoms with Crippen molar-refractivity contribution in [1.82, 2.24) is 10.2 Å². The number of carbonyl (C=O) groups is 1. The van der Waals surface area contributed by atoms with E-state index in [9.17, 15) is 4.79 Å². The van der Waals surface area contributed by atoms with Gasteiger partial charge in [0.05, 0.1) is 12.8 Å². The van der Waals surface area contributed by atoms with Gasteiger partial charge < -0.3 is 23.6 Å². The Bertz CT molecular complexity index is 1390. The zero-order valence-electron chi connectivity index (χ0n) is 17.4. The molecular formula is C24H19N3O5. The van der Waals surface area contributed by atoms with Crippen molar-refractivity contribution in [2.24, 2.45) is 0 Å². The van der Waals surface area contributed by atoms with E-state index < -0.39 is 6.10 Å². The second-order valence-corrected chi connectivity index (χ2v) is 7.16. The highest BCUT2D eigenvalue weighted by molar-refractivity contribution is 6.08. The summed E-state index contributed by atoms with van der Waals surface area (Å²) in [7, 11) is 1.56. The highest BCUT2D eigenvalue weighted by atomic mass is 16.5. The lowest BCUT2D eigenvalue weighted by molar-refractivity contribution is -0.122. The van der Waals surface area contributed by atoms with Crippen LogP contribution >= 0.6 is 0 Å². The van der Waals surface area contributed by atoms with Crippen molar-refractivity contribution < 1.29 is 23.1 Å². The van der Waals surface area contributed by atoms with Gasteiger partial charge in [0.1, 0.15) is 22.7 Å². The number of fused-ring (bicyclic) bond motifs is 3. The molecule has 1 amide bonds. The Kier molecular flexibility index (Phi) is 4.95. The number of methoxy groups -OCH3 is 1. The van der Waals surface area contributed by atoms with E-state index in [1.165, 1.54) is 6.39 Å². The molecule has 3 aromatic carbocycles. The first kappa shape index (κ1) is 19.6. The summed E-state index contributed by atoms with van der Waals surface area (Å²) in [5.41, 5.74) is 2.70. The van der Waals surface area contributed by atoms with Gasteiger partial charge in [0.2, 0.25) is 12.3 Å². The van der Waals surface area contributed by atoms with Gasteiger partial charge in [0, 0.05) is 22.4 Å². The van der Waals surface area contributed by atoms with Gasteiger partial charge in [-0.3, -0.25) is 4.79 Å². The lowest BCUT2D eigenvalue weighted by Gasteiger charge is -2.16. The molecule has 1 N–H and O–H groups in total. The Balaban J connectivity index is 1.34. The highest BCUT2D eigenvalue weighted by Crippen LogP contribution is 2.36. The van der Waals surface area contributed by atoms with E-state index in [-0.39, 0.29) is 5.91 Å². The minimum Gasteiger partial charge on any atom is -0.495 e.